The van der Waals surface area contributed by atoms with Gasteiger partial charge in [0.2, 0.25) is 0 Å². The number of aromatic nitrogens is 3. The third-order valence-corrected chi connectivity index (χ3v) is 5.64. The molecule has 4 rings (SSSR count). The number of nitrogens with two attached hydrogens (primary N) is 1. The van der Waals surface area contributed by atoms with Gasteiger partial charge in [0, 0.05) is 0 Å². The van der Waals surface area contributed by atoms with Gasteiger partial charge in [-0.3, -0.25) is 5.01 Å². The minimum atomic E-state index is -4.10. The summed E-state index contributed by atoms with van der Waals surface area (Å²) < 4.78 is 34.0. The molecule has 0 amide bonds. The van der Waals surface area contributed by atoms with Gasteiger partial charge in [-0.15, -0.1) is 10.2 Å². The predicted molar refractivity (Wildman–Crippen MR) is 129 cm³/mol. The van der Waals surface area contributed by atoms with Gasteiger partial charge in [0.15, 0.2) is 0 Å². The molecule has 0 fully saturated rings. The van der Waals surface area contributed by atoms with Crippen molar-refractivity contribution >= 4 is 16.0 Å². The van der Waals surface area contributed by atoms with E-state index in [-0.39, 0.29) is 5.75 Å². The maximum atomic E-state index is 11.2. The summed E-state index contributed by atoms with van der Waals surface area (Å²) in [5.74, 6) is 0.884. The Bertz CT molecular complexity index is 1430. The molecule has 1 heterocycles. The number of anilines is 1. The maximum absolute atomic E-state index is 11.2. The molecule has 1 aromatic heterocycles. The van der Waals surface area contributed by atoms with E-state index in [1.807, 2.05) is 41.4 Å². The molecule has 0 radical (unpaired) electrons. The van der Waals surface area contributed by atoms with Crippen molar-refractivity contribution in [2.45, 2.75) is 13.0 Å². The summed E-state index contributed by atoms with van der Waals surface area (Å²) in [7, 11) is -2.48. The highest BCUT2D eigenvalue weighted by molar-refractivity contribution is 7.84. The quantitative estimate of drug-likeness (QED) is 0.378. The van der Waals surface area contributed by atoms with Crippen LogP contribution in [0.2, 0.25) is 0 Å². The Morgan fingerprint density at radius 3 is 2.20 bits per heavy atom. The zero-order valence-corrected chi connectivity index (χ0v) is 19.6. The standard InChI is InChI=1S/C24H22N6O4S/c1-33-23-8-2-18(3-9-23)12-21-13-22(7-6-20(21)14-25)30(29-16-27-28-17-29)15-19-4-10-24(11-5-19)34-35(26,31)32/h2-11,13,16-17H,12,15H2,1H3,(H2,26,31,32). The van der Waals surface area contributed by atoms with Crippen molar-refractivity contribution in [3.8, 4) is 17.6 Å². The molecule has 0 bridgehead atoms. The lowest BCUT2D eigenvalue weighted by atomic mass is 9.99. The Hall–Kier alpha value is -4.40. The number of rotatable bonds is 9. The summed E-state index contributed by atoms with van der Waals surface area (Å²) in [5.41, 5.74) is 4.17. The van der Waals surface area contributed by atoms with Crippen molar-refractivity contribution in [2.75, 3.05) is 12.1 Å². The zero-order valence-electron chi connectivity index (χ0n) is 18.8. The van der Waals surface area contributed by atoms with Crippen LogP contribution in [-0.4, -0.2) is 30.4 Å². The number of ether oxygens (including phenoxy) is 1. The number of benzene rings is 3. The van der Waals surface area contributed by atoms with Crippen LogP contribution >= 0.6 is 0 Å². The van der Waals surface area contributed by atoms with Gasteiger partial charge in [-0.1, -0.05) is 24.3 Å². The molecule has 178 valence electrons. The van der Waals surface area contributed by atoms with Crippen molar-refractivity contribution in [2.24, 2.45) is 5.14 Å². The first-order valence-corrected chi connectivity index (χ1v) is 11.9. The van der Waals surface area contributed by atoms with Crippen molar-refractivity contribution in [3.05, 3.63) is 102 Å². The van der Waals surface area contributed by atoms with Crippen LogP contribution in [0, 0.1) is 11.3 Å². The molecular formula is C24H22N6O4S. The van der Waals surface area contributed by atoms with Crippen LogP contribution in [0.15, 0.2) is 79.4 Å². The number of nitrogens with zero attached hydrogens (tertiary/aromatic N) is 5. The monoisotopic (exact) mass is 490 g/mol. The summed E-state index contributed by atoms with van der Waals surface area (Å²) in [5, 5.41) is 24.3. The second kappa shape index (κ2) is 10.3. The summed E-state index contributed by atoms with van der Waals surface area (Å²) in [6, 6.07) is 22.1. The average Bonchev–Trinajstić information content (AvgIpc) is 3.38. The number of methoxy groups -OCH3 is 1. The third kappa shape index (κ3) is 6.14. The van der Waals surface area contributed by atoms with E-state index >= 15 is 0 Å². The number of hydrogen-bond donors (Lipinski definition) is 1. The highest BCUT2D eigenvalue weighted by atomic mass is 32.2. The predicted octanol–water partition coefficient (Wildman–Crippen LogP) is 2.80. The lowest BCUT2D eigenvalue weighted by Gasteiger charge is -2.26. The zero-order chi connectivity index (χ0) is 24.8. The highest BCUT2D eigenvalue weighted by Crippen LogP contribution is 2.25. The Labute approximate surface area is 203 Å². The molecule has 0 saturated heterocycles. The van der Waals surface area contributed by atoms with Crippen molar-refractivity contribution in [3.63, 3.8) is 0 Å². The number of nitriles is 1. The highest BCUT2D eigenvalue weighted by Gasteiger charge is 2.14. The van der Waals surface area contributed by atoms with Crippen LogP contribution in [-0.2, 0) is 23.3 Å². The van der Waals surface area contributed by atoms with E-state index in [1.54, 1.807) is 42.6 Å². The summed E-state index contributed by atoms with van der Waals surface area (Å²) in [6.45, 7) is 0.404. The van der Waals surface area contributed by atoms with E-state index < -0.39 is 10.3 Å². The van der Waals surface area contributed by atoms with E-state index in [0.29, 0.717) is 18.5 Å². The van der Waals surface area contributed by atoms with E-state index in [1.165, 1.54) is 12.1 Å². The molecule has 4 aromatic rings. The smallest absolute Gasteiger partial charge is 0.380 e. The molecule has 0 aliphatic rings. The van der Waals surface area contributed by atoms with Gasteiger partial charge in [0.05, 0.1) is 31.0 Å². The van der Waals surface area contributed by atoms with Gasteiger partial charge in [0.25, 0.3) is 0 Å². The average molecular weight is 491 g/mol. The normalized spacial score (nSPS) is 11.0. The van der Waals surface area contributed by atoms with E-state index in [9.17, 15) is 13.7 Å². The van der Waals surface area contributed by atoms with Crippen molar-refractivity contribution < 1.29 is 17.3 Å². The van der Waals surface area contributed by atoms with E-state index in [0.717, 1.165) is 28.1 Å². The lowest BCUT2D eigenvalue weighted by molar-refractivity contribution is 0.414. The maximum Gasteiger partial charge on any atom is 0.380 e. The van der Waals surface area contributed by atoms with Gasteiger partial charge in [0.1, 0.15) is 24.2 Å². The van der Waals surface area contributed by atoms with Gasteiger partial charge in [-0.25, -0.2) is 4.68 Å². The van der Waals surface area contributed by atoms with Crippen molar-refractivity contribution in [1.29, 1.82) is 5.26 Å². The second-order valence-corrected chi connectivity index (χ2v) is 8.75. The van der Waals surface area contributed by atoms with Gasteiger partial charge < -0.3 is 8.92 Å². The number of hydrogen-bond acceptors (Lipinski definition) is 8. The summed E-state index contributed by atoms with van der Waals surface area (Å²) >= 11 is 0. The first kappa shape index (κ1) is 23.7. The minimum Gasteiger partial charge on any atom is -0.497 e. The molecule has 0 atom stereocenters. The van der Waals surface area contributed by atoms with Crippen LogP contribution in [0.5, 0.6) is 11.5 Å². The van der Waals surface area contributed by atoms with Crippen LogP contribution in [0.25, 0.3) is 0 Å². The van der Waals surface area contributed by atoms with Crippen LogP contribution in [0.1, 0.15) is 22.3 Å². The molecule has 35 heavy (non-hydrogen) atoms. The molecule has 2 N–H and O–H groups in total. The van der Waals surface area contributed by atoms with Gasteiger partial charge >= 0.3 is 10.3 Å². The minimum absolute atomic E-state index is 0.118. The third-order valence-electron chi connectivity index (χ3n) is 5.21. The molecule has 0 spiro atoms. The Morgan fingerprint density at radius 2 is 1.60 bits per heavy atom. The first-order valence-electron chi connectivity index (χ1n) is 10.4. The molecule has 0 aliphatic heterocycles. The Kier molecular flexibility index (Phi) is 6.96. The van der Waals surface area contributed by atoms with E-state index in [2.05, 4.69) is 16.3 Å². The molecule has 10 nitrogen and oxygen atoms in total. The first-order chi connectivity index (χ1) is 16.8. The fourth-order valence-corrected chi connectivity index (χ4v) is 3.92. The van der Waals surface area contributed by atoms with E-state index in [4.69, 9.17) is 14.1 Å². The van der Waals surface area contributed by atoms with Crippen LogP contribution in [0.4, 0.5) is 5.69 Å². The summed E-state index contributed by atoms with van der Waals surface area (Å²) in [6.07, 6.45) is 3.70. The van der Waals surface area contributed by atoms with Crippen molar-refractivity contribution in [1.82, 2.24) is 14.9 Å². The topological polar surface area (TPSA) is 136 Å². The molecule has 0 saturated carbocycles. The second-order valence-electron chi connectivity index (χ2n) is 7.60. The fourth-order valence-electron chi connectivity index (χ4n) is 3.54. The SMILES string of the molecule is COc1ccc(Cc2cc(N(Cc3ccc(OS(N)(=O)=O)cc3)n3cnnc3)ccc2C#N)cc1. The molecule has 11 heteroatoms. The molecule has 0 aliphatic carbocycles. The van der Waals surface area contributed by atoms with Crippen LogP contribution in [0.3, 0.4) is 0 Å². The van der Waals surface area contributed by atoms with Crippen LogP contribution < -0.4 is 19.1 Å². The largest absolute Gasteiger partial charge is 0.497 e. The molecule has 0 unspecified atom stereocenters. The molecular weight excluding hydrogens is 468 g/mol. The Balaban J connectivity index is 1.64. The van der Waals surface area contributed by atoms with Gasteiger partial charge in [-0.05, 0) is 65.6 Å². The molecule has 3 aromatic carbocycles. The van der Waals surface area contributed by atoms with Gasteiger partial charge in [-0.2, -0.15) is 18.8 Å². The summed E-state index contributed by atoms with van der Waals surface area (Å²) in [4.78, 5) is 0. The fraction of sp³-hybridized carbons (Fsp3) is 0.125. The Morgan fingerprint density at radius 1 is 0.971 bits per heavy atom. The lowest BCUT2D eigenvalue weighted by Crippen LogP contribution is -2.28.